The molecule has 1 fully saturated rings. The highest BCUT2D eigenvalue weighted by atomic mass is 16.5. The summed E-state index contributed by atoms with van der Waals surface area (Å²) in [7, 11) is 0. The first-order valence-corrected chi connectivity index (χ1v) is 12.5. The minimum atomic E-state index is -0.920. The van der Waals surface area contributed by atoms with Crippen LogP contribution in [0.5, 0.6) is 0 Å². The van der Waals surface area contributed by atoms with Crippen LogP contribution in [0.3, 0.4) is 0 Å². The number of nitrogens with one attached hydrogen (secondary N) is 1. The standard InChI is InChI=1S/C29H30N2O5/c1-2-35-28(34)29-14-6-13-25(29)31(19-23-11-7-15-36-23)27(33)22(17-29)16-26(32)30-18-21-10-5-9-20-8-3-4-12-24(20)21/h3-5,7-13,15,22H,2,6,14,16-19H2,1H3,(H,30,32)/t22-,29+/m1/s1. The molecule has 36 heavy (non-hydrogen) atoms. The molecule has 1 saturated heterocycles. The number of carbonyl (C=O) groups is 3. The first-order valence-electron chi connectivity index (χ1n) is 12.5. The van der Waals surface area contributed by atoms with E-state index in [1.54, 1.807) is 30.2 Å². The smallest absolute Gasteiger partial charge is 0.318 e. The number of likely N-dealkylation sites (tertiary alicyclic amines) is 1. The lowest BCUT2D eigenvalue weighted by Crippen LogP contribution is -2.52. The number of piperidine rings is 1. The van der Waals surface area contributed by atoms with Gasteiger partial charge >= 0.3 is 5.97 Å². The number of hydrogen-bond acceptors (Lipinski definition) is 5. The first kappa shape index (κ1) is 23.9. The number of ether oxygens (including phenoxy) is 1. The lowest BCUT2D eigenvalue weighted by Gasteiger charge is -2.43. The van der Waals surface area contributed by atoms with Crippen molar-refractivity contribution >= 4 is 28.6 Å². The van der Waals surface area contributed by atoms with Crippen molar-refractivity contribution in [3.63, 3.8) is 0 Å². The van der Waals surface area contributed by atoms with Crippen molar-refractivity contribution in [3.8, 4) is 0 Å². The second-order valence-corrected chi connectivity index (χ2v) is 9.45. The van der Waals surface area contributed by atoms with Gasteiger partial charge in [-0.15, -0.1) is 0 Å². The van der Waals surface area contributed by atoms with E-state index in [0.717, 1.165) is 16.3 Å². The van der Waals surface area contributed by atoms with Gasteiger partial charge in [-0.2, -0.15) is 0 Å². The van der Waals surface area contributed by atoms with Crippen molar-refractivity contribution in [1.82, 2.24) is 10.2 Å². The second-order valence-electron chi connectivity index (χ2n) is 9.45. The highest BCUT2D eigenvalue weighted by Gasteiger charge is 2.55. The summed E-state index contributed by atoms with van der Waals surface area (Å²) in [6.07, 6.45) is 5.03. The van der Waals surface area contributed by atoms with Crippen molar-refractivity contribution < 1.29 is 23.5 Å². The zero-order valence-corrected chi connectivity index (χ0v) is 20.4. The van der Waals surface area contributed by atoms with E-state index in [2.05, 4.69) is 5.32 Å². The predicted molar refractivity (Wildman–Crippen MR) is 134 cm³/mol. The number of furan rings is 1. The van der Waals surface area contributed by atoms with Gasteiger partial charge in [0.05, 0.1) is 19.4 Å². The molecule has 7 nitrogen and oxygen atoms in total. The van der Waals surface area contributed by atoms with Crippen molar-refractivity contribution in [1.29, 1.82) is 0 Å². The molecule has 7 heteroatoms. The Morgan fingerprint density at radius 3 is 2.78 bits per heavy atom. The fraction of sp³-hybridized carbons (Fsp3) is 0.345. The van der Waals surface area contributed by atoms with Crippen LogP contribution >= 0.6 is 0 Å². The second kappa shape index (κ2) is 10.0. The Hall–Kier alpha value is -3.87. The van der Waals surface area contributed by atoms with Crippen LogP contribution in [-0.2, 0) is 32.2 Å². The zero-order valence-electron chi connectivity index (χ0n) is 20.4. The van der Waals surface area contributed by atoms with Gasteiger partial charge in [0.1, 0.15) is 11.2 Å². The molecule has 0 saturated carbocycles. The van der Waals surface area contributed by atoms with Gasteiger partial charge in [0, 0.05) is 24.6 Å². The molecule has 1 aliphatic heterocycles. The molecule has 5 rings (SSSR count). The SMILES string of the molecule is CCOC(=O)[C@]12CCC=C1N(Cc1ccco1)C(=O)[C@H](CC(=O)NCc1cccc3ccccc13)C2. The van der Waals surface area contributed by atoms with Crippen LogP contribution < -0.4 is 5.32 Å². The van der Waals surface area contributed by atoms with E-state index < -0.39 is 11.3 Å². The molecule has 0 spiro atoms. The molecule has 1 N–H and O–H groups in total. The summed E-state index contributed by atoms with van der Waals surface area (Å²) >= 11 is 0. The molecule has 2 aromatic carbocycles. The number of amides is 2. The predicted octanol–water partition coefficient (Wildman–Crippen LogP) is 4.72. The van der Waals surface area contributed by atoms with Gasteiger partial charge in [0.2, 0.25) is 11.8 Å². The average Bonchev–Trinajstić information content (AvgIpc) is 3.56. The summed E-state index contributed by atoms with van der Waals surface area (Å²) in [4.78, 5) is 41.5. The number of fused-ring (bicyclic) bond motifs is 2. The summed E-state index contributed by atoms with van der Waals surface area (Å²) in [5.74, 6) is -0.725. The molecule has 0 bridgehead atoms. The quantitative estimate of drug-likeness (QED) is 0.466. The molecule has 0 radical (unpaired) electrons. The summed E-state index contributed by atoms with van der Waals surface area (Å²) in [6.45, 7) is 2.62. The summed E-state index contributed by atoms with van der Waals surface area (Å²) in [6, 6.07) is 17.6. The normalized spacial score (nSPS) is 21.2. The average molecular weight is 487 g/mol. The topological polar surface area (TPSA) is 88.8 Å². The zero-order chi connectivity index (χ0) is 25.1. The molecule has 0 unspecified atom stereocenters. The molecule has 3 aromatic rings. The summed E-state index contributed by atoms with van der Waals surface area (Å²) in [5, 5.41) is 5.18. The van der Waals surface area contributed by atoms with Crippen molar-refractivity contribution in [3.05, 3.63) is 84.0 Å². The maximum Gasteiger partial charge on any atom is 0.318 e. The maximum absolute atomic E-state index is 13.6. The fourth-order valence-electron chi connectivity index (χ4n) is 5.58. The summed E-state index contributed by atoms with van der Waals surface area (Å²) in [5.41, 5.74) is 0.770. The molecule has 186 valence electrons. The van der Waals surface area contributed by atoms with E-state index in [9.17, 15) is 14.4 Å². The molecule has 2 aliphatic rings. The van der Waals surface area contributed by atoms with Crippen LogP contribution in [0.15, 0.2) is 77.1 Å². The highest BCUT2D eigenvalue weighted by Crippen LogP contribution is 2.51. The van der Waals surface area contributed by atoms with Crippen LogP contribution in [0.25, 0.3) is 10.8 Å². The first-order chi connectivity index (χ1) is 17.5. The van der Waals surface area contributed by atoms with Gasteiger partial charge in [-0.1, -0.05) is 48.5 Å². The third kappa shape index (κ3) is 4.41. The van der Waals surface area contributed by atoms with Crippen molar-refractivity contribution in [2.24, 2.45) is 11.3 Å². The number of esters is 1. The maximum atomic E-state index is 13.6. The minimum absolute atomic E-state index is 0.00664. The lowest BCUT2D eigenvalue weighted by atomic mass is 9.71. The Kier molecular flexibility index (Phi) is 6.63. The monoisotopic (exact) mass is 486 g/mol. The van der Waals surface area contributed by atoms with Crippen LogP contribution in [0.2, 0.25) is 0 Å². The van der Waals surface area contributed by atoms with Gasteiger partial charge in [-0.3, -0.25) is 14.4 Å². The number of allylic oxidation sites excluding steroid dienone is 1. The van der Waals surface area contributed by atoms with Crippen LogP contribution in [0.1, 0.15) is 43.9 Å². The Morgan fingerprint density at radius 2 is 1.97 bits per heavy atom. The van der Waals surface area contributed by atoms with Gasteiger partial charge < -0.3 is 19.4 Å². The largest absolute Gasteiger partial charge is 0.467 e. The van der Waals surface area contributed by atoms with Crippen molar-refractivity contribution in [2.45, 2.75) is 45.7 Å². The molecule has 1 aliphatic carbocycles. The Morgan fingerprint density at radius 1 is 1.14 bits per heavy atom. The van der Waals surface area contributed by atoms with E-state index in [0.29, 0.717) is 30.8 Å². The Balaban J connectivity index is 1.35. The van der Waals surface area contributed by atoms with Crippen LogP contribution in [0, 0.1) is 11.3 Å². The number of carbonyl (C=O) groups excluding carboxylic acids is 3. The molecule has 2 atom stereocenters. The van der Waals surface area contributed by atoms with Gasteiger partial charge in [-0.25, -0.2) is 0 Å². The van der Waals surface area contributed by atoms with E-state index in [4.69, 9.17) is 9.15 Å². The van der Waals surface area contributed by atoms with E-state index >= 15 is 0 Å². The minimum Gasteiger partial charge on any atom is -0.467 e. The molecule has 2 heterocycles. The van der Waals surface area contributed by atoms with Gasteiger partial charge in [0.25, 0.3) is 0 Å². The molecular weight excluding hydrogens is 456 g/mol. The van der Waals surface area contributed by atoms with Crippen LogP contribution in [0.4, 0.5) is 0 Å². The van der Waals surface area contributed by atoms with Crippen molar-refractivity contribution in [2.75, 3.05) is 6.61 Å². The van der Waals surface area contributed by atoms with Gasteiger partial charge in [0.15, 0.2) is 0 Å². The summed E-state index contributed by atoms with van der Waals surface area (Å²) < 4.78 is 11.0. The molecular formula is C29H30N2O5. The van der Waals surface area contributed by atoms with Crippen LogP contribution in [-0.4, -0.2) is 29.3 Å². The molecule has 2 amide bonds. The third-order valence-corrected chi connectivity index (χ3v) is 7.25. The Labute approximate surface area is 210 Å². The van der Waals surface area contributed by atoms with E-state index in [1.165, 1.54) is 0 Å². The third-order valence-electron chi connectivity index (χ3n) is 7.25. The number of nitrogens with zero attached hydrogens (tertiary/aromatic N) is 1. The van der Waals surface area contributed by atoms with E-state index in [-0.39, 0.29) is 43.8 Å². The number of benzene rings is 2. The fourth-order valence-corrected chi connectivity index (χ4v) is 5.58. The van der Waals surface area contributed by atoms with Gasteiger partial charge in [-0.05, 0) is 54.7 Å². The van der Waals surface area contributed by atoms with E-state index in [1.807, 2.05) is 48.5 Å². The lowest BCUT2D eigenvalue weighted by molar-refractivity contribution is -0.161. The Bertz CT molecular complexity index is 1310. The highest BCUT2D eigenvalue weighted by molar-refractivity contribution is 5.93. The molecule has 1 aromatic heterocycles. The number of hydrogen-bond donors (Lipinski definition) is 1. The number of rotatable bonds is 8.